The maximum atomic E-state index is 13.1. The summed E-state index contributed by atoms with van der Waals surface area (Å²) in [6.45, 7) is 0.805. The highest BCUT2D eigenvalue weighted by molar-refractivity contribution is 5.87. The van der Waals surface area contributed by atoms with E-state index in [0.29, 0.717) is 16.7 Å². The zero-order chi connectivity index (χ0) is 24.4. The number of rotatable bonds is 7. The molecule has 0 radical (unpaired) electrons. The Morgan fingerprint density at radius 1 is 1.24 bits per heavy atom. The minimum absolute atomic E-state index is 0.0754. The number of amides is 2. The third-order valence-corrected chi connectivity index (χ3v) is 5.60. The maximum absolute atomic E-state index is 13.1. The predicted molar refractivity (Wildman–Crippen MR) is 118 cm³/mol. The quantitative estimate of drug-likeness (QED) is 0.238. The number of aliphatic hydroxyl groups excluding tert-OH is 2. The number of nitrogens with zero attached hydrogens (tertiary/aromatic N) is 4. The van der Waals surface area contributed by atoms with Gasteiger partial charge in [0.25, 0.3) is 0 Å². The van der Waals surface area contributed by atoms with Crippen molar-refractivity contribution >= 4 is 28.8 Å². The van der Waals surface area contributed by atoms with Crippen LogP contribution in [0.1, 0.15) is 18.7 Å². The van der Waals surface area contributed by atoms with Crippen molar-refractivity contribution in [3.63, 3.8) is 0 Å². The number of aromatic hydroxyl groups is 1. The van der Waals surface area contributed by atoms with E-state index in [1.165, 1.54) is 36.3 Å². The molecule has 34 heavy (non-hydrogen) atoms. The van der Waals surface area contributed by atoms with Gasteiger partial charge in [-0.2, -0.15) is 0 Å². The Hall–Kier alpha value is -3.81. The number of fused-ring (bicyclic) bond motifs is 1. The maximum Gasteiger partial charge on any atom is 0.243 e. The summed E-state index contributed by atoms with van der Waals surface area (Å²) in [5.41, 5.74) is 7.17. The Bertz CT molecular complexity index is 1180. The van der Waals surface area contributed by atoms with Gasteiger partial charge >= 0.3 is 0 Å². The van der Waals surface area contributed by atoms with Crippen LogP contribution < -0.4 is 16.4 Å². The van der Waals surface area contributed by atoms with Crippen LogP contribution in [-0.4, -0.2) is 77.6 Å². The minimum Gasteiger partial charge on any atom is -0.508 e. The van der Waals surface area contributed by atoms with Gasteiger partial charge in [0.05, 0.1) is 19.0 Å². The van der Waals surface area contributed by atoms with Crippen LogP contribution in [0, 0.1) is 0 Å². The molecule has 0 spiro atoms. The zero-order valence-corrected chi connectivity index (χ0v) is 18.2. The summed E-state index contributed by atoms with van der Waals surface area (Å²) in [5.74, 6) is -0.753. The zero-order valence-electron chi connectivity index (χ0n) is 18.2. The fraction of sp³-hybridized carbons (Fsp3) is 0.381. The first-order valence-electron chi connectivity index (χ1n) is 10.5. The van der Waals surface area contributed by atoms with Crippen LogP contribution >= 0.6 is 0 Å². The van der Waals surface area contributed by atoms with Gasteiger partial charge < -0.3 is 36.4 Å². The van der Waals surface area contributed by atoms with E-state index in [0.717, 1.165) is 0 Å². The molecule has 1 aliphatic rings. The molecule has 13 nitrogen and oxygen atoms in total. The Kier molecular flexibility index (Phi) is 6.58. The molecule has 1 saturated heterocycles. The van der Waals surface area contributed by atoms with E-state index in [9.17, 15) is 24.9 Å². The van der Waals surface area contributed by atoms with Crippen molar-refractivity contribution in [3.05, 3.63) is 42.5 Å². The monoisotopic (exact) mass is 471 g/mol. The van der Waals surface area contributed by atoms with Gasteiger partial charge in [0.2, 0.25) is 11.8 Å². The molecule has 5 atom stereocenters. The number of aromatic nitrogens is 4. The molecular formula is C21H25N7O6. The van der Waals surface area contributed by atoms with E-state index >= 15 is 0 Å². The number of nitrogens with one attached hydrogen (secondary N) is 2. The summed E-state index contributed by atoms with van der Waals surface area (Å²) >= 11 is 0. The summed E-state index contributed by atoms with van der Waals surface area (Å²) in [7, 11) is 0. The second-order valence-corrected chi connectivity index (χ2v) is 7.98. The molecule has 2 amide bonds. The number of hydrogen-bond acceptors (Lipinski definition) is 10. The van der Waals surface area contributed by atoms with E-state index < -0.39 is 48.9 Å². The first-order valence-corrected chi connectivity index (χ1v) is 10.5. The van der Waals surface area contributed by atoms with Crippen LogP contribution in [0.4, 0.5) is 5.82 Å². The molecule has 4 rings (SSSR count). The topological polar surface area (TPSA) is 198 Å². The number of phenols is 1. The molecule has 1 aliphatic heterocycles. The first kappa shape index (κ1) is 23.4. The van der Waals surface area contributed by atoms with Gasteiger partial charge in [-0.1, -0.05) is 12.1 Å². The molecule has 1 fully saturated rings. The van der Waals surface area contributed by atoms with Crippen LogP contribution in [-0.2, 0) is 20.7 Å². The van der Waals surface area contributed by atoms with Crippen LogP contribution in [0.3, 0.4) is 0 Å². The number of carbonyl (C=O) groups is 2. The molecule has 3 unspecified atom stereocenters. The Balaban J connectivity index is 1.54. The smallest absolute Gasteiger partial charge is 0.243 e. The highest BCUT2D eigenvalue weighted by atomic mass is 16.5. The van der Waals surface area contributed by atoms with E-state index in [1.54, 1.807) is 12.1 Å². The van der Waals surface area contributed by atoms with E-state index in [2.05, 4.69) is 25.6 Å². The number of phenolic OH excluding ortho intramolecular Hbond substituents is 1. The Labute approximate surface area is 193 Å². The second-order valence-electron chi connectivity index (χ2n) is 7.98. The summed E-state index contributed by atoms with van der Waals surface area (Å²) in [4.78, 5) is 37.0. The van der Waals surface area contributed by atoms with Crippen molar-refractivity contribution in [2.24, 2.45) is 0 Å². The van der Waals surface area contributed by atoms with Gasteiger partial charge in [-0.05, 0) is 17.7 Å². The molecule has 13 heteroatoms. The number of nitrogens with two attached hydrogens (primary N) is 1. The van der Waals surface area contributed by atoms with Gasteiger partial charge in [0.1, 0.15) is 35.8 Å². The number of hydrogen-bond donors (Lipinski definition) is 6. The number of anilines is 1. The fourth-order valence-corrected chi connectivity index (χ4v) is 3.95. The van der Waals surface area contributed by atoms with Crippen molar-refractivity contribution in [2.45, 2.75) is 43.9 Å². The lowest BCUT2D eigenvalue weighted by Crippen LogP contribution is -2.55. The third-order valence-electron chi connectivity index (χ3n) is 5.60. The largest absolute Gasteiger partial charge is 0.508 e. The van der Waals surface area contributed by atoms with Crippen molar-refractivity contribution in [1.29, 1.82) is 0 Å². The van der Waals surface area contributed by atoms with Gasteiger partial charge in [-0.25, -0.2) is 15.0 Å². The summed E-state index contributed by atoms with van der Waals surface area (Å²) in [5, 5.41) is 35.6. The molecule has 3 aromatic rings. The number of aliphatic hydroxyl groups is 2. The summed E-state index contributed by atoms with van der Waals surface area (Å²) in [6, 6.07) is 4.27. The van der Waals surface area contributed by atoms with Crippen LogP contribution in [0.15, 0.2) is 36.9 Å². The number of nitrogen functional groups attached to an aromatic ring is 1. The third kappa shape index (κ3) is 4.62. The van der Waals surface area contributed by atoms with Gasteiger partial charge in [0.15, 0.2) is 17.7 Å². The number of imidazole rings is 1. The molecule has 7 N–H and O–H groups in total. The molecule has 0 saturated carbocycles. The average molecular weight is 471 g/mol. The normalized spacial score (nSPS) is 23.0. The molecule has 1 aromatic carbocycles. The highest BCUT2D eigenvalue weighted by Gasteiger charge is 2.46. The van der Waals surface area contributed by atoms with E-state index in [-0.39, 0.29) is 18.0 Å². The van der Waals surface area contributed by atoms with E-state index in [1.807, 2.05) is 0 Å². The van der Waals surface area contributed by atoms with Crippen molar-refractivity contribution in [3.8, 4) is 5.75 Å². The Morgan fingerprint density at radius 3 is 2.65 bits per heavy atom. The van der Waals surface area contributed by atoms with Gasteiger partial charge in [0, 0.05) is 13.3 Å². The lowest BCUT2D eigenvalue weighted by atomic mass is 10.0. The number of ether oxygens (including phenoxy) is 1. The molecule has 0 bridgehead atoms. The van der Waals surface area contributed by atoms with Gasteiger partial charge in [-0.15, -0.1) is 0 Å². The average Bonchev–Trinajstić information content (AvgIpc) is 3.36. The highest BCUT2D eigenvalue weighted by Crippen LogP contribution is 2.32. The van der Waals surface area contributed by atoms with E-state index in [4.69, 9.17) is 10.5 Å². The lowest BCUT2D eigenvalue weighted by molar-refractivity contribution is -0.129. The van der Waals surface area contributed by atoms with Crippen molar-refractivity contribution < 1.29 is 29.6 Å². The van der Waals surface area contributed by atoms with Gasteiger partial charge in [-0.3, -0.25) is 14.2 Å². The number of carbonyl (C=O) groups excluding carboxylic acids is 2. The minimum atomic E-state index is -1.28. The Morgan fingerprint density at radius 2 is 1.97 bits per heavy atom. The van der Waals surface area contributed by atoms with Crippen LogP contribution in [0.5, 0.6) is 5.75 Å². The van der Waals surface area contributed by atoms with Crippen LogP contribution in [0.2, 0.25) is 0 Å². The molecule has 180 valence electrons. The number of benzene rings is 1. The molecule has 2 aromatic heterocycles. The fourth-order valence-electron chi connectivity index (χ4n) is 3.95. The van der Waals surface area contributed by atoms with Crippen molar-refractivity contribution in [2.75, 3.05) is 12.3 Å². The first-order chi connectivity index (χ1) is 16.3. The lowest BCUT2D eigenvalue weighted by Gasteiger charge is -2.24. The predicted octanol–water partition coefficient (Wildman–Crippen LogP) is -1.40. The summed E-state index contributed by atoms with van der Waals surface area (Å²) < 4.78 is 7.27. The standard InChI is InChI=1S/C21H25N7O6/c1-10(30)26-13(6-11-2-4-12(31)5-3-11)20(33)27-15-14(7-29)34-21(17(15)32)28-9-25-16-18(22)23-8-24-19(16)28/h2-5,8-9,13-15,17,21,29,31-32H,6-7H2,1H3,(H,26,30)(H,27,33)(H2,22,23,24)/t13?,14-,15?,17-,21?/m1/s1. The molecular weight excluding hydrogens is 446 g/mol. The second kappa shape index (κ2) is 9.59. The molecule has 0 aliphatic carbocycles. The SMILES string of the molecule is CC(=O)NC(Cc1ccc(O)cc1)C(=O)NC1[C@@H](O)C(n2cnc3c(N)ncnc32)O[C@@H]1CO. The summed E-state index contributed by atoms with van der Waals surface area (Å²) in [6.07, 6.45) is -0.453. The van der Waals surface area contributed by atoms with Crippen LogP contribution in [0.25, 0.3) is 11.2 Å². The van der Waals surface area contributed by atoms with Crippen molar-refractivity contribution in [1.82, 2.24) is 30.2 Å². The molecule has 3 heterocycles.